The van der Waals surface area contributed by atoms with Gasteiger partial charge in [0.05, 0.1) is 11.5 Å². The smallest absolute Gasteiger partial charge is 0.0693 e. The molecule has 0 aromatic heterocycles. The first-order valence-corrected chi connectivity index (χ1v) is 4.22. The third-order valence-electron chi connectivity index (χ3n) is 2.69. The topological polar surface area (TPSA) is 23.8 Å². The van der Waals surface area contributed by atoms with Crippen molar-refractivity contribution in [2.24, 2.45) is 5.41 Å². The van der Waals surface area contributed by atoms with E-state index < -0.39 is 0 Å². The van der Waals surface area contributed by atoms with Gasteiger partial charge in [0.2, 0.25) is 0 Å². The number of nitriles is 1. The van der Waals surface area contributed by atoms with Crippen LogP contribution in [0.1, 0.15) is 24.8 Å². The highest BCUT2D eigenvalue weighted by Gasteiger charge is 2.51. The fraction of sp³-hybridized carbons (Fsp3) is 0.364. The molecule has 0 amide bonds. The standard InChI is InChI=1S/C11H11N/c1-11(8-12)7-10(11)9-5-3-2-4-6-9/h2-6,10H,7H2,1H3. The summed E-state index contributed by atoms with van der Waals surface area (Å²) in [5.41, 5.74) is 1.23. The highest BCUT2D eigenvalue weighted by atomic mass is 14.5. The van der Waals surface area contributed by atoms with E-state index in [1.54, 1.807) is 0 Å². The van der Waals surface area contributed by atoms with E-state index in [0.717, 1.165) is 6.42 Å². The van der Waals surface area contributed by atoms with Gasteiger partial charge in [-0.2, -0.15) is 5.26 Å². The third-order valence-corrected chi connectivity index (χ3v) is 2.69. The molecule has 1 aromatic rings. The summed E-state index contributed by atoms with van der Waals surface area (Å²) in [5, 5.41) is 8.85. The van der Waals surface area contributed by atoms with Gasteiger partial charge < -0.3 is 0 Å². The largest absolute Gasteiger partial charge is 0.198 e. The van der Waals surface area contributed by atoms with Gasteiger partial charge in [-0.1, -0.05) is 30.3 Å². The minimum Gasteiger partial charge on any atom is -0.198 e. The molecule has 1 fully saturated rings. The fourth-order valence-electron chi connectivity index (χ4n) is 1.66. The van der Waals surface area contributed by atoms with Crippen LogP contribution in [0.25, 0.3) is 0 Å². The van der Waals surface area contributed by atoms with Crippen molar-refractivity contribution in [2.75, 3.05) is 0 Å². The fourth-order valence-corrected chi connectivity index (χ4v) is 1.66. The summed E-state index contributed by atoms with van der Waals surface area (Å²) in [6, 6.07) is 12.6. The normalized spacial score (nSPS) is 32.5. The van der Waals surface area contributed by atoms with Crippen molar-refractivity contribution >= 4 is 0 Å². The molecule has 0 N–H and O–H groups in total. The number of rotatable bonds is 1. The van der Waals surface area contributed by atoms with Crippen LogP contribution >= 0.6 is 0 Å². The van der Waals surface area contributed by atoms with Gasteiger partial charge in [-0.05, 0) is 18.9 Å². The van der Waals surface area contributed by atoms with E-state index in [-0.39, 0.29) is 5.41 Å². The zero-order valence-corrected chi connectivity index (χ0v) is 7.12. The van der Waals surface area contributed by atoms with Gasteiger partial charge >= 0.3 is 0 Å². The van der Waals surface area contributed by atoms with Gasteiger partial charge in [-0.3, -0.25) is 0 Å². The molecular formula is C11H11N. The Morgan fingerprint density at radius 1 is 1.42 bits per heavy atom. The van der Waals surface area contributed by atoms with E-state index in [4.69, 9.17) is 5.26 Å². The highest BCUT2D eigenvalue weighted by Crippen LogP contribution is 2.58. The molecule has 2 unspecified atom stereocenters. The van der Waals surface area contributed by atoms with Crippen molar-refractivity contribution < 1.29 is 0 Å². The first kappa shape index (κ1) is 7.36. The minimum atomic E-state index is -0.0820. The lowest BCUT2D eigenvalue weighted by Gasteiger charge is -1.99. The summed E-state index contributed by atoms with van der Waals surface area (Å²) in [6.07, 6.45) is 1.02. The first-order chi connectivity index (χ1) is 5.76. The van der Waals surface area contributed by atoms with Crippen LogP contribution in [-0.2, 0) is 0 Å². The van der Waals surface area contributed by atoms with E-state index >= 15 is 0 Å². The molecular weight excluding hydrogens is 146 g/mol. The second kappa shape index (κ2) is 2.35. The Bertz CT molecular complexity index is 323. The second-order valence-corrected chi connectivity index (χ2v) is 3.70. The highest BCUT2D eigenvalue weighted by molar-refractivity contribution is 5.33. The van der Waals surface area contributed by atoms with Crippen LogP contribution in [0, 0.1) is 16.7 Å². The van der Waals surface area contributed by atoms with E-state index in [0.29, 0.717) is 5.92 Å². The quantitative estimate of drug-likeness (QED) is 0.614. The Morgan fingerprint density at radius 2 is 2.08 bits per heavy atom. The Morgan fingerprint density at radius 3 is 2.58 bits per heavy atom. The maximum Gasteiger partial charge on any atom is 0.0693 e. The molecule has 1 aliphatic rings. The van der Waals surface area contributed by atoms with Crippen molar-refractivity contribution in [1.82, 2.24) is 0 Å². The van der Waals surface area contributed by atoms with Gasteiger partial charge in [0.15, 0.2) is 0 Å². The molecule has 2 atom stereocenters. The average Bonchev–Trinajstić information content (AvgIpc) is 2.81. The minimum absolute atomic E-state index is 0.0820. The van der Waals surface area contributed by atoms with Crippen LogP contribution in [0.5, 0.6) is 0 Å². The number of nitrogens with zero attached hydrogens (tertiary/aromatic N) is 1. The van der Waals surface area contributed by atoms with E-state index in [9.17, 15) is 0 Å². The Balaban J connectivity index is 2.23. The van der Waals surface area contributed by atoms with Gasteiger partial charge in [0, 0.05) is 5.92 Å². The summed E-state index contributed by atoms with van der Waals surface area (Å²) in [5.74, 6) is 0.476. The number of benzene rings is 1. The molecule has 0 aliphatic heterocycles. The molecule has 0 saturated heterocycles. The molecule has 1 aromatic carbocycles. The average molecular weight is 157 g/mol. The molecule has 1 nitrogen and oxygen atoms in total. The molecule has 0 bridgehead atoms. The maximum absolute atomic E-state index is 8.85. The Kier molecular flexibility index (Phi) is 1.44. The maximum atomic E-state index is 8.85. The summed E-state index contributed by atoms with van der Waals surface area (Å²) >= 11 is 0. The number of hydrogen-bond donors (Lipinski definition) is 0. The van der Waals surface area contributed by atoms with Gasteiger partial charge in [-0.15, -0.1) is 0 Å². The monoisotopic (exact) mass is 157 g/mol. The lowest BCUT2D eigenvalue weighted by Crippen LogP contribution is -1.91. The zero-order chi connectivity index (χ0) is 8.60. The third kappa shape index (κ3) is 1.00. The van der Waals surface area contributed by atoms with E-state index in [2.05, 4.69) is 18.2 Å². The van der Waals surface area contributed by atoms with Crippen LogP contribution in [0.15, 0.2) is 30.3 Å². The van der Waals surface area contributed by atoms with E-state index in [1.165, 1.54) is 5.56 Å². The van der Waals surface area contributed by atoms with Crippen molar-refractivity contribution in [2.45, 2.75) is 19.3 Å². The molecule has 60 valence electrons. The molecule has 0 spiro atoms. The summed E-state index contributed by atoms with van der Waals surface area (Å²) in [4.78, 5) is 0. The molecule has 0 heterocycles. The predicted molar refractivity (Wildman–Crippen MR) is 47.5 cm³/mol. The van der Waals surface area contributed by atoms with Crippen LogP contribution in [0.2, 0.25) is 0 Å². The van der Waals surface area contributed by atoms with Crippen LogP contribution in [0.4, 0.5) is 0 Å². The van der Waals surface area contributed by atoms with E-state index in [1.807, 2.05) is 25.1 Å². The van der Waals surface area contributed by atoms with Crippen molar-refractivity contribution in [3.63, 3.8) is 0 Å². The summed E-state index contributed by atoms with van der Waals surface area (Å²) in [7, 11) is 0. The van der Waals surface area contributed by atoms with Crippen molar-refractivity contribution in [1.29, 1.82) is 5.26 Å². The SMILES string of the molecule is CC1(C#N)CC1c1ccccc1. The molecule has 0 radical (unpaired) electrons. The lowest BCUT2D eigenvalue weighted by atomic mass is 10.0. The molecule has 2 rings (SSSR count). The molecule has 1 saturated carbocycles. The molecule has 12 heavy (non-hydrogen) atoms. The summed E-state index contributed by atoms with van der Waals surface area (Å²) in [6.45, 7) is 2.03. The molecule has 1 aliphatic carbocycles. The van der Waals surface area contributed by atoms with Gasteiger partial charge in [0.1, 0.15) is 0 Å². The lowest BCUT2D eigenvalue weighted by molar-refractivity contribution is 0.727. The van der Waals surface area contributed by atoms with Crippen molar-refractivity contribution in [3.8, 4) is 6.07 Å². The van der Waals surface area contributed by atoms with Crippen LogP contribution < -0.4 is 0 Å². The second-order valence-electron chi connectivity index (χ2n) is 3.70. The van der Waals surface area contributed by atoms with Gasteiger partial charge in [-0.25, -0.2) is 0 Å². The van der Waals surface area contributed by atoms with Gasteiger partial charge in [0.25, 0.3) is 0 Å². The number of hydrogen-bond acceptors (Lipinski definition) is 1. The Labute approximate surface area is 72.6 Å². The van der Waals surface area contributed by atoms with Crippen LogP contribution in [0.3, 0.4) is 0 Å². The zero-order valence-electron chi connectivity index (χ0n) is 7.12. The first-order valence-electron chi connectivity index (χ1n) is 4.22. The Hall–Kier alpha value is -1.29. The van der Waals surface area contributed by atoms with Crippen molar-refractivity contribution in [3.05, 3.63) is 35.9 Å². The predicted octanol–water partition coefficient (Wildman–Crippen LogP) is 2.70. The molecule has 1 heteroatoms. The summed E-state index contributed by atoms with van der Waals surface area (Å²) < 4.78 is 0. The van der Waals surface area contributed by atoms with Crippen LogP contribution in [-0.4, -0.2) is 0 Å².